The van der Waals surface area contributed by atoms with Gasteiger partial charge in [-0.2, -0.15) is 0 Å². The van der Waals surface area contributed by atoms with Crippen molar-refractivity contribution >= 4 is 5.95 Å². The number of fused-ring (bicyclic) bond motifs is 2. The number of aromatic nitrogens is 2. The summed E-state index contributed by atoms with van der Waals surface area (Å²) in [6.45, 7) is 7.67. The fraction of sp³-hybridized carbons (Fsp3) is 0.786. The molecule has 4 nitrogen and oxygen atoms in total. The molecule has 2 unspecified atom stereocenters. The molecule has 3 rings (SSSR count). The predicted octanol–water partition coefficient (Wildman–Crippen LogP) is 1.93. The molecule has 2 aliphatic rings. The van der Waals surface area contributed by atoms with Gasteiger partial charge >= 0.3 is 0 Å². The van der Waals surface area contributed by atoms with Gasteiger partial charge in [-0.3, -0.25) is 0 Å². The Labute approximate surface area is 109 Å². The van der Waals surface area contributed by atoms with Crippen molar-refractivity contribution in [3.05, 3.63) is 11.9 Å². The van der Waals surface area contributed by atoms with E-state index >= 15 is 0 Å². The molecule has 1 aromatic rings. The van der Waals surface area contributed by atoms with Crippen LogP contribution in [0.1, 0.15) is 38.3 Å². The second-order valence-corrected chi connectivity index (χ2v) is 5.75. The molecule has 0 aromatic carbocycles. The van der Waals surface area contributed by atoms with E-state index in [-0.39, 0.29) is 0 Å². The van der Waals surface area contributed by atoms with Gasteiger partial charge in [-0.15, -0.1) is 0 Å². The van der Waals surface area contributed by atoms with Crippen LogP contribution in [0, 0.1) is 6.92 Å². The average Bonchev–Trinajstić information content (AvgIpc) is 2.83. The number of aryl methyl sites for hydroxylation is 2. The molecule has 2 aliphatic heterocycles. The van der Waals surface area contributed by atoms with Crippen LogP contribution >= 0.6 is 0 Å². The van der Waals surface area contributed by atoms with Crippen LogP contribution in [0.4, 0.5) is 5.95 Å². The number of nitrogens with zero attached hydrogens (tertiary/aromatic N) is 3. The van der Waals surface area contributed by atoms with Crippen molar-refractivity contribution in [3.63, 3.8) is 0 Å². The number of hydrogen-bond donors (Lipinski definition) is 1. The smallest absolute Gasteiger partial charge is 0.205 e. The van der Waals surface area contributed by atoms with E-state index < -0.39 is 0 Å². The highest BCUT2D eigenvalue weighted by atomic mass is 15.3. The maximum atomic E-state index is 4.74. The van der Waals surface area contributed by atoms with Gasteiger partial charge in [0.1, 0.15) is 0 Å². The molecule has 100 valence electrons. The fourth-order valence-electron chi connectivity index (χ4n) is 3.32. The number of rotatable bonds is 3. The zero-order chi connectivity index (χ0) is 12.5. The van der Waals surface area contributed by atoms with Crippen LogP contribution in [0.15, 0.2) is 6.20 Å². The highest BCUT2D eigenvalue weighted by Gasteiger charge is 2.30. The van der Waals surface area contributed by atoms with E-state index in [4.69, 9.17) is 4.98 Å². The highest BCUT2D eigenvalue weighted by Crippen LogP contribution is 2.24. The van der Waals surface area contributed by atoms with Crippen LogP contribution in [-0.2, 0) is 6.54 Å². The minimum Gasteiger partial charge on any atom is -0.341 e. The molecule has 0 spiro atoms. The van der Waals surface area contributed by atoms with Crippen molar-refractivity contribution < 1.29 is 0 Å². The molecule has 0 radical (unpaired) electrons. The maximum absolute atomic E-state index is 4.74. The summed E-state index contributed by atoms with van der Waals surface area (Å²) < 4.78 is 2.33. The molecule has 3 heterocycles. The van der Waals surface area contributed by atoms with Crippen molar-refractivity contribution in [2.24, 2.45) is 0 Å². The third-order valence-electron chi connectivity index (χ3n) is 4.15. The van der Waals surface area contributed by atoms with Gasteiger partial charge in [0.05, 0.1) is 5.69 Å². The van der Waals surface area contributed by atoms with Crippen LogP contribution in [-0.4, -0.2) is 34.7 Å². The summed E-state index contributed by atoms with van der Waals surface area (Å²) in [5.74, 6) is 1.18. The Morgan fingerprint density at radius 3 is 3.00 bits per heavy atom. The highest BCUT2D eigenvalue weighted by molar-refractivity contribution is 5.34. The summed E-state index contributed by atoms with van der Waals surface area (Å²) >= 11 is 0. The van der Waals surface area contributed by atoms with Crippen molar-refractivity contribution in [2.45, 2.75) is 58.2 Å². The van der Waals surface area contributed by atoms with E-state index in [9.17, 15) is 0 Å². The Morgan fingerprint density at radius 1 is 1.33 bits per heavy atom. The quantitative estimate of drug-likeness (QED) is 0.887. The standard InChI is InChI=1S/C14H24N4/c1-3-7-17-9-11(2)15-14(17)18-8-6-12-4-5-13(10-18)16-12/h9,12-13,16H,3-8,10H2,1-2H3. The summed E-state index contributed by atoms with van der Waals surface area (Å²) in [7, 11) is 0. The van der Waals surface area contributed by atoms with Gasteiger partial charge in [-0.1, -0.05) is 6.92 Å². The first-order chi connectivity index (χ1) is 8.76. The van der Waals surface area contributed by atoms with Crippen molar-refractivity contribution in [1.82, 2.24) is 14.9 Å². The largest absolute Gasteiger partial charge is 0.341 e. The molecule has 2 bridgehead atoms. The lowest BCUT2D eigenvalue weighted by Crippen LogP contribution is -2.36. The SMILES string of the molecule is CCCn1cc(C)nc1N1CCC2CCC(C1)N2. The minimum atomic E-state index is 0.671. The molecule has 2 fully saturated rings. The minimum absolute atomic E-state index is 0.671. The Morgan fingerprint density at radius 2 is 2.17 bits per heavy atom. The maximum Gasteiger partial charge on any atom is 0.205 e. The Bertz CT molecular complexity index is 412. The third kappa shape index (κ3) is 2.26. The van der Waals surface area contributed by atoms with Gasteiger partial charge < -0.3 is 14.8 Å². The normalized spacial score (nSPS) is 27.6. The molecule has 4 heteroatoms. The van der Waals surface area contributed by atoms with Crippen molar-refractivity contribution in [3.8, 4) is 0 Å². The van der Waals surface area contributed by atoms with Crippen LogP contribution in [0.2, 0.25) is 0 Å². The zero-order valence-electron chi connectivity index (χ0n) is 11.5. The monoisotopic (exact) mass is 248 g/mol. The zero-order valence-corrected chi connectivity index (χ0v) is 11.5. The fourth-order valence-corrected chi connectivity index (χ4v) is 3.32. The molecule has 0 amide bonds. The van der Waals surface area contributed by atoms with Gasteiger partial charge in [0.25, 0.3) is 0 Å². The molecule has 1 N–H and O–H groups in total. The van der Waals surface area contributed by atoms with Crippen LogP contribution in [0.5, 0.6) is 0 Å². The van der Waals surface area contributed by atoms with Gasteiger partial charge in [0.2, 0.25) is 5.95 Å². The molecule has 1 aromatic heterocycles. The topological polar surface area (TPSA) is 33.1 Å². The van der Waals surface area contributed by atoms with Gasteiger partial charge in [-0.25, -0.2) is 4.98 Å². The van der Waals surface area contributed by atoms with E-state index in [1.165, 1.54) is 31.6 Å². The van der Waals surface area contributed by atoms with Gasteiger partial charge in [0, 0.05) is 37.9 Å². The first kappa shape index (κ1) is 12.0. The second kappa shape index (κ2) is 4.92. The Hall–Kier alpha value is -1.03. The Balaban J connectivity index is 1.81. The molecular formula is C14H24N4. The summed E-state index contributed by atoms with van der Waals surface area (Å²) in [6.07, 6.45) is 7.31. The summed E-state index contributed by atoms with van der Waals surface area (Å²) in [5.41, 5.74) is 1.14. The summed E-state index contributed by atoms with van der Waals surface area (Å²) in [4.78, 5) is 7.22. The van der Waals surface area contributed by atoms with Gasteiger partial charge in [0.15, 0.2) is 0 Å². The predicted molar refractivity (Wildman–Crippen MR) is 74.0 cm³/mol. The second-order valence-electron chi connectivity index (χ2n) is 5.75. The first-order valence-electron chi connectivity index (χ1n) is 7.31. The van der Waals surface area contributed by atoms with Crippen LogP contribution in [0.3, 0.4) is 0 Å². The first-order valence-corrected chi connectivity index (χ1v) is 7.31. The van der Waals surface area contributed by atoms with Crippen LogP contribution < -0.4 is 10.2 Å². The molecule has 0 saturated carbocycles. The molecule has 2 saturated heterocycles. The number of anilines is 1. The number of nitrogens with one attached hydrogen (secondary N) is 1. The van der Waals surface area contributed by atoms with E-state index in [1.54, 1.807) is 0 Å². The average molecular weight is 248 g/mol. The lowest BCUT2D eigenvalue weighted by molar-refractivity contribution is 0.563. The van der Waals surface area contributed by atoms with Gasteiger partial charge in [-0.05, 0) is 32.6 Å². The van der Waals surface area contributed by atoms with Crippen molar-refractivity contribution in [1.29, 1.82) is 0 Å². The Kier molecular flexibility index (Phi) is 3.29. The summed E-state index contributed by atoms with van der Waals surface area (Å²) in [5, 5.41) is 3.73. The summed E-state index contributed by atoms with van der Waals surface area (Å²) in [6, 6.07) is 1.42. The van der Waals surface area contributed by atoms with E-state index in [1.807, 2.05) is 0 Å². The molecule has 0 aliphatic carbocycles. The van der Waals surface area contributed by atoms with E-state index in [0.717, 1.165) is 31.4 Å². The lowest BCUT2D eigenvalue weighted by atomic mass is 10.1. The molecule has 2 atom stereocenters. The lowest BCUT2D eigenvalue weighted by Gasteiger charge is -2.25. The molecule has 18 heavy (non-hydrogen) atoms. The van der Waals surface area contributed by atoms with Crippen molar-refractivity contribution in [2.75, 3.05) is 18.0 Å². The van der Waals surface area contributed by atoms with E-state index in [0.29, 0.717) is 6.04 Å². The van der Waals surface area contributed by atoms with E-state index in [2.05, 4.69) is 34.8 Å². The number of imidazole rings is 1. The van der Waals surface area contributed by atoms with Crippen LogP contribution in [0.25, 0.3) is 0 Å². The number of hydrogen-bond acceptors (Lipinski definition) is 3. The third-order valence-corrected chi connectivity index (χ3v) is 4.15. The molecular weight excluding hydrogens is 224 g/mol.